The number of hydrogen-bond acceptors (Lipinski definition) is 3. The monoisotopic (exact) mass is 287 g/mol. The fourth-order valence-corrected chi connectivity index (χ4v) is 3.44. The molecule has 2 aliphatic heterocycles. The van der Waals surface area contributed by atoms with E-state index in [9.17, 15) is 4.79 Å². The van der Waals surface area contributed by atoms with Crippen LogP contribution in [0.1, 0.15) is 24.0 Å². The van der Waals surface area contributed by atoms with Crippen LogP contribution in [0.2, 0.25) is 0 Å². The average Bonchev–Trinajstić information content (AvgIpc) is 3.01. The molecule has 4 nitrogen and oxygen atoms in total. The Bertz CT molecular complexity index is 515. The largest absolute Gasteiger partial charge is 0.368 e. The summed E-state index contributed by atoms with van der Waals surface area (Å²) in [5, 5.41) is 3.31. The van der Waals surface area contributed by atoms with Crippen LogP contribution in [0, 0.1) is 13.8 Å². The third-order valence-electron chi connectivity index (χ3n) is 4.64. The van der Waals surface area contributed by atoms with Gasteiger partial charge >= 0.3 is 0 Å². The van der Waals surface area contributed by atoms with Crippen molar-refractivity contribution in [1.82, 2.24) is 10.2 Å². The SMILES string of the molecule is Cc1ccc(N2CCN(C(=O)C3CCCN3)CC2)c(C)c1. The summed E-state index contributed by atoms with van der Waals surface area (Å²) in [5.41, 5.74) is 3.94. The minimum atomic E-state index is 0.0673. The second-order valence-electron chi connectivity index (χ2n) is 6.25. The lowest BCUT2D eigenvalue weighted by Gasteiger charge is -2.37. The third kappa shape index (κ3) is 3.05. The van der Waals surface area contributed by atoms with Gasteiger partial charge in [0.1, 0.15) is 0 Å². The van der Waals surface area contributed by atoms with Gasteiger partial charge in [-0.15, -0.1) is 0 Å². The zero-order valence-electron chi connectivity index (χ0n) is 13.1. The molecule has 0 spiro atoms. The third-order valence-corrected chi connectivity index (χ3v) is 4.64. The van der Waals surface area contributed by atoms with Crippen molar-refractivity contribution in [1.29, 1.82) is 0 Å². The predicted molar refractivity (Wildman–Crippen MR) is 85.7 cm³/mol. The number of nitrogens with zero attached hydrogens (tertiary/aromatic N) is 2. The van der Waals surface area contributed by atoms with Crippen LogP contribution in [0.15, 0.2) is 18.2 Å². The van der Waals surface area contributed by atoms with Gasteiger partial charge in [-0.3, -0.25) is 4.79 Å². The topological polar surface area (TPSA) is 35.6 Å². The minimum absolute atomic E-state index is 0.0673. The van der Waals surface area contributed by atoms with Gasteiger partial charge in [0.2, 0.25) is 5.91 Å². The fourth-order valence-electron chi connectivity index (χ4n) is 3.44. The zero-order chi connectivity index (χ0) is 14.8. The molecule has 1 atom stereocenters. The molecular formula is C17H25N3O. The molecule has 0 bridgehead atoms. The standard InChI is InChI=1S/C17H25N3O/c1-13-5-6-16(14(2)12-13)19-8-10-20(11-9-19)17(21)15-4-3-7-18-15/h5-6,12,15,18H,3-4,7-11H2,1-2H3. The predicted octanol–water partition coefficient (Wildman–Crippen LogP) is 1.70. The Balaban J connectivity index is 1.60. The van der Waals surface area contributed by atoms with E-state index < -0.39 is 0 Å². The highest BCUT2D eigenvalue weighted by Gasteiger charge is 2.29. The number of rotatable bonds is 2. The van der Waals surface area contributed by atoms with Gasteiger partial charge in [-0.25, -0.2) is 0 Å². The fraction of sp³-hybridized carbons (Fsp3) is 0.588. The van der Waals surface area contributed by atoms with Crippen LogP contribution >= 0.6 is 0 Å². The maximum absolute atomic E-state index is 12.4. The molecule has 2 aliphatic rings. The Kier molecular flexibility index (Phi) is 4.15. The Hall–Kier alpha value is -1.55. The molecule has 21 heavy (non-hydrogen) atoms. The number of aryl methyl sites for hydroxylation is 2. The van der Waals surface area contributed by atoms with Crippen LogP contribution in [-0.4, -0.2) is 49.6 Å². The molecule has 2 heterocycles. The second kappa shape index (κ2) is 6.06. The van der Waals surface area contributed by atoms with Crippen LogP contribution < -0.4 is 10.2 Å². The van der Waals surface area contributed by atoms with Gasteiger partial charge < -0.3 is 15.1 Å². The van der Waals surface area contributed by atoms with Crippen molar-refractivity contribution in [2.75, 3.05) is 37.6 Å². The van der Waals surface area contributed by atoms with Crippen molar-refractivity contribution >= 4 is 11.6 Å². The minimum Gasteiger partial charge on any atom is -0.368 e. The van der Waals surface area contributed by atoms with E-state index in [-0.39, 0.29) is 6.04 Å². The number of carbonyl (C=O) groups is 1. The summed E-state index contributed by atoms with van der Waals surface area (Å²) < 4.78 is 0. The lowest BCUT2D eigenvalue weighted by molar-refractivity contribution is -0.133. The van der Waals surface area contributed by atoms with Gasteiger partial charge in [0, 0.05) is 31.9 Å². The van der Waals surface area contributed by atoms with E-state index in [4.69, 9.17) is 0 Å². The van der Waals surface area contributed by atoms with Crippen molar-refractivity contribution in [3.8, 4) is 0 Å². The van der Waals surface area contributed by atoms with Crippen LogP contribution in [-0.2, 0) is 4.79 Å². The van der Waals surface area contributed by atoms with Crippen molar-refractivity contribution < 1.29 is 4.79 Å². The molecule has 1 amide bonds. The normalized spacial score (nSPS) is 22.7. The number of nitrogens with one attached hydrogen (secondary N) is 1. The summed E-state index contributed by atoms with van der Waals surface area (Å²) in [4.78, 5) is 16.8. The molecule has 1 aromatic rings. The van der Waals surface area contributed by atoms with Gasteiger partial charge in [0.05, 0.1) is 6.04 Å². The first-order chi connectivity index (χ1) is 10.1. The number of carbonyl (C=O) groups excluding carboxylic acids is 1. The quantitative estimate of drug-likeness (QED) is 0.899. The first-order valence-electron chi connectivity index (χ1n) is 7.99. The molecule has 0 radical (unpaired) electrons. The summed E-state index contributed by atoms with van der Waals surface area (Å²) in [6.07, 6.45) is 2.12. The molecule has 2 saturated heterocycles. The van der Waals surface area contributed by atoms with E-state index in [0.717, 1.165) is 45.6 Å². The lowest BCUT2D eigenvalue weighted by Crippen LogP contribution is -2.53. The summed E-state index contributed by atoms with van der Waals surface area (Å²) >= 11 is 0. The van der Waals surface area contributed by atoms with Gasteiger partial charge in [0.15, 0.2) is 0 Å². The van der Waals surface area contributed by atoms with E-state index in [1.807, 2.05) is 4.90 Å². The van der Waals surface area contributed by atoms with Crippen molar-refractivity contribution in [3.63, 3.8) is 0 Å². The average molecular weight is 287 g/mol. The van der Waals surface area contributed by atoms with Crippen molar-refractivity contribution in [2.45, 2.75) is 32.7 Å². The molecule has 1 N–H and O–H groups in total. The van der Waals surface area contributed by atoms with E-state index in [2.05, 4.69) is 42.3 Å². The van der Waals surface area contributed by atoms with Crippen LogP contribution in [0.5, 0.6) is 0 Å². The van der Waals surface area contributed by atoms with E-state index in [1.54, 1.807) is 0 Å². The highest BCUT2D eigenvalue weighted by atomic mass is 16.2. The first kappa shape index (κ1) is 14.4. The Labute approximate surface area is 127 Å². The highest BCUT2D eigenvalue weighted by molar-refractivity contribution is 5.82. The van der Waals surface area contributed by atoms with Crippen LogP contribution in [0.4, 0.5) is 5.69 Å². The zero-order valence-corrected chi connectivity index (χ0v) is 13.1. The lowest BCUT2D eigenvalue weighted by atomic mass is 10.1. The molecule has 114 valence electrons. The van der Waals surface area contributed by atoms with Gasteiger partial charge in [-0.05, 0) is 44.9 Å². The highest BCUT2D eigenvalue weighted by Crippen LogP contribution is 2.23. The van der Waals surface area contributed by atoms with Gasteiger partial charge in [0.25, 0.3) is 0 Å². The smallest absolute Gasteiger partial charge is 0.239 e. The summed E-state index contributed by atoms with van der Waals surface area (Å²) in [5.74, 6) is 0.299. The van der Waals surface area contributed by atoms with Crippen LogP contribution in [0.25, 0.3) is 0 Å². The second-order valence-corrected chi connectivity index (χ2v) is 6.25. The first-order valence-corrected chi connectivity index (χ1v) is 7.99. The van der Waals surface area contributed by atoms with E-state index in [1.165, 1.54) is 16.8 Å². The van der Waals surface area contributed by atoms with Gasteiger partial charge in [-0.2, -0.15) is 0 Å². The van der Waals surface area contributed by atoms with Crippen molar-refractivity contribution in [3.05, 3.63) is 29.3 Å². The number of amides is 1. The number of piperazine rings is 1. The van der Waals surface area contributed by atoms with Crippen LogP contribution in [0.3, 0.4) is 0 Å². The summed E-state index contributed by atoms with van der Waals surface area (Å²) in [7, 11) is 0. The molecule has 3 rings (SSSR count). The molecule has 2 fully saturated rings. The maximum Gasteiger partial charge on any atom is 0.239 e. The molecule has 1 unspecified atom stereocenters. The van der Waals surface area contributed by atoms with Crippen molar-refractivity contribution in [2.24, 2.45) is 0 Å². The maximum atomic E-state index is 12.4. The Morgan fingerprint density at radius 3 is 2.57 bits per heavy atom. The summed E-state index contributed by atoms with van der Waals surface area (Å²) in [6, 6.07) is 6.68. The molecule has 4 heteroatoms. The molecular weight excluding hydrogens is 262 g/mol. The molecule has 1 aromatic carbocycles. The Morgan fingerprint density at radius 1 is 1.19 bits per heavy atom. The summed E-state index contributed by atoms with van der Waals surface area (Å²) in [6.45, 7) is 8.82. The Morgan fingerprint density at radius 2 is 1.95 bits per heavy atom. The van der Waals surface area contributed by atoms with E-state index >= 15 is 0 Å². The number of hydrogen-bond donors (Lipinski definition) is 1. The molecule has 0 aromatic heterocycles. The number of anilines is 1. The number of benzene rings is 1. The molecule has 0 saturated carbocycles. The van der Waals surface area contributed by atoms with E-state index in [0.29, 0.717) is 5.91 Å². The van der Waals surface area contributed by atoms with Gasteiger partial charge in [-0.1, -0.05) is 17.7 Å². The molecule has 0 aliphatic carbocycles.